The van der Waals surface area contributed by atoms with E-state index < -0.39 is 0 Å². The van der Waals surface area contributed by atoms with Gasteiger partial charge in [-0.1, -0.05) is 24.3 Å². The number of aromatic nitrogens is 1. The largest absolute Gasteiger partial charge is 0.347 e. The van der Waals surface area contributed by atoms with Gasteiger partial charge >= 0.3 is 0 Å². The van der Waals surface area contributed by atoms with Gasteiger partial charge in [-0.25, -0.2) is 0 Å². The molecule has 1 N–H and O–H groups in total. The Morgan fingerprint density at radius 3 is 2.79 bits per heavy atom. The van der Waals surface area contributed by atoms with Crippen LogP contribution in [0.15, 0.2) is 36.5 Å². The van der Waals surface area contributed by atoms with Gasteiger partial charge in [-0.2, -0.15) is 0 Å². The topological polar surface area (TPSA) is 45.2 Å². The second-order valence-corrected chi connectivity index (χ2v) is 4.83. The third-order valence-electron chi connectivity index (χ3n) is 3.13. The van der Waals surface area contributed by atoms with Crippen molar-refractivity contribution in [3.63, 3.8) is 0 Å². The van der Waals surface area contributed by atoms with E-state index in [9.17, 15) is 4.79 Å². The van der Waals surface area contributed by atoms with Gasteiger partial charge in [0.1, 0.15) is 0 Å². The number of nitrogens with one attached hydrogen (secondary N) is 1. The zero-order chi connectivity index (χ0) is 13.8. The molecule has 1 amide bonds. The van der Waals surface area contributed by atoms with Crippen LogP contribution in [0.25, 0.3) is 10.9 Å². The van der Waals surface area contributed by atoms with E-state index in [0.29, 0.717) is 6.54 Å². The minimum Gasteiger partial charge on any atom is -0.347 e. The van der Waals surface area contributed by atoms with Gasteiger partial charge in [0.25, 0.3) is 0 Å². The van der Waals surface area contributed by atoms with E-state index >= 15 is 0 Å². The van der Waals surface area contributed by atoms with Gasteiger partial charge in [0.15, 0.2) is 0 Å². The molecular formula is C15H19N3O. The molecule has 1 heterocycles. The fraction of sp³-hybridized carbons (Fsp3) is 0.333. The number of rotatable bonds is 4. The Labute approximate surface area is 113 Å². The van der Waals surface area contributed by atoms with Crippen LogP contribution in [0.3, 0.4) is 0 Å². The summed E-state index contributed by atoms with van der Waals surface area (Å²) in [6, 6.07) is 9.86. The summed E-state index contributed by atoms with van der Waals surface area (Å²) in [5.41, 5.74) is 2.10. The summed E-state index contributed by atoms with van der Waals surface area (Å²) in [5.74, 6) is 0.0770. The van der Waals surface area contributed by atoms with Crippen LogP contribution < -0.4 is 5.32 Å². The van der Waals surface area contributed by atoms with Gasteiger partial charge in [-0.15, -0.1) is 0 Å². The van der Waals surface area contributed by atoms with Crippen LogP contribution in [0.4, 0.5) is 0 Å². The highest BCUT2D eigenvalue weighted by Gasteiger charge is 2.14. The molecule has 0 aliphatic rings. The van der Waals surface area contributed by atoms with Gasteiger partial charge in [-0.3, -0.25) is 9.78 Å². The summed E-state index contributed by atoms with van der Waals surface area (Å²) < 4.78 is 0. The molecule has 0 fully saturated rings. The molecule has 0 radical (unpaired) electrons. The van der Waals surface area contributed by atoms with Crippen LogP contribution >= 0.6 is 0 Å². The normalized spacial score (nSPS) is 12.4. The molecule has 0 bridgehead atoms. The van der Waals surface area contributed by atoms with Crippen molar-refractivity contribution in [1.29, 1.82) is 0 Å². The van der Waals surface area contributed by atoms with Crippen molar-refractivity contribution in [2.24, 2.45) is 0 Å². The smallest absolute Gasteiger partial charge is 0.238 e. The van der Waals surface area contributed by atoms with Crippen LogP contribution in [0.5, 0.6) is 0 Å². The van der Waals surface area contributed by atoms with Crippen molar-refractivity contribution in [3.05, 3.63) is 42.1 Å². The molecule has 0 saturated carbocycles. The van der Waals surface area contributed by atoms with Gasteiger partial charge < -0.3 is 10.2 Å². The zero-order valence-electron chi connectivity index (χ0n) is 11.6. The standard InChI is InChI=1S/C15H19N3O/c1-11(15(19)18(2)3)17-10-13-7-4-6-12-8-5-9-16-14(12)13/h4-9,11,17H,10H2,1-3H3. The fourth-order valence-corrected chi connectivity index (χ4v) is 2.05. The molecule has 0 saturated heterocycles. The van der Waals surface area contributed by atoms with E-state index in [1.165, 1.54) is 0 Å². The summed E-state index contributed by atoms with van der Waals surface area (Å²) in [6.07, 6.45) is 1.79. The van der Waals surface area contributed by atoms with E-state index in [1.807, 2.05) is 37.3 Å². The number of fused-ring (bicyclic) bond motifs is 1. The number of hydrogen-bond acceptors (Lipinski definition) is 3. The van der Waals surface area contributed by atoms with Gasteiger partial charge in [0.2, 0.25) is 5.91 Å². The second-order valence-electron chi connectivity index (χ2n) is 4.83. The number of nitrogens with zero attached hydrogens (tertiary/aromatic N) is 2. The number of likely N-dealkylation sites (N-methyl/N-ethyl adjacent to an activating group) is 1. The quantitative estimate of drug-likeness (QED) is 0.908. The second kappa shape index (κ2) is 5.80. The average Bonchev–Trinajstić information content (AvgIpc) is 2.43. The van der Waals surface area contributed by atoms with Crippen LogP contribution in [-0.2, 0) is 11.3 Å². The van der Waals surface area contributed by atoms with Crippen LogP contribution in [-0.4, -0.2) is 35.9 Å². The number of pyridine rings is 1. The molecular weight excluding hydrogens is 238 g/mol. The molecule has 4 heteroatoms. The number of amides is 1. The monoisotopic (exact) mass is 257 g/mol. The Morgan fingerprint density at radius 2 is 2.05 bits per heavy atom. The zero-order valence-corrected chi connectivity index (χ0v) is 11.6. The van der Waals surface area contributed by atoms with E-state index in [0.717, 1.165) is 16.5 Å². The molecule has 0 spiro atoms. The third-order valence-corrected chi connectivity index (χ3v) is 3.13. The molecule has 1 unspecified atom stereocenters. The molecule has 19 heavy (non-hydrogen) atoms. The number of hydrogen-bond donors (Lipinski definition) is 1. The molecule has 1 aromatic carbocycles. The first-order valence-corrected chi connectivity index (χ1v) is 6.37. The Kier molecular flexibility index (Phi) is 4.12. The summed E-state index contributed by atoms with van der Waals surface area (Å²) in [5, 5.41) is 4.36. The first kappa shape index (κ1) is 13.5. The predicted octanol–water partition coefficient (Wildman–Crippen LogP) is 1.80. The van der Waals surface area contributed by atoms with E-state index in [4.69, 9.17) is 0 Å². The van der Waals surface area contributed by atoms with E-state index in [2.05, 4.69) is 10.3 Å². The molecule has 1 atom stereocenters. The van der Waals surface area contributed by atoms with Crippen LogP contribution in [0, 0.1) is 0 Å². The minimum atomic E-state index is -0.200. The molecule has 2 aromatic rings. The maximum absolute atomic E-state index is 11.8. The first-order valence-electron chi connectivity index (χ1n) is 6.37. The summed E-state index contributed by atoms with van der Waals surface area (Å²) in [4.78, 5) is 17.8. The lowest BCUT2D eigenvalue weighted by Crippen LogP contribution is -2.41. The lowest BCUT2D eigenvalue weighted by atomic mass is 10.1. The van der Waals surface area contributed by atoms with Gasteiger partial charge in [-0.05, 0) is 18.6 Å². The van der Waals surface area contributed by atoms with Gasteiger partial charge in [0, 0.05) is 32.2 Å². The Bertz CT molecular complexity index is 575. The number of para-hydroxylation sites is 1. The molecule has 1 aromatic heterocycles. The summed E-state index contributed by atoms with van der Waals surface area (Å²) in [6.45, 7) is 2.51. The average molecular weight is 257 g/mol. The van der Waals surface area contributed by atoms with E-state index in [1.54, 1.807) is 25.2 Å². The Morgan fingerprint density at radius 1 is 1.32 bits per heavy atom. The highest BCUT2D eigenvalue weighted by Crippen LogP contribution is 2.15. The number of carbonyl (C=O) groups excluding carboxylic acids is 1. The van der Waals surface area contributed by atoms with Crippen molar-refractivity contribution in [2.45, 2.75) is 19.5 Å². The number of benzene rings is 1. The van der Waals surface area contributed by atoms with Crippen molar-refractivity contribution in [2.75, 3.05) is 14.1 Å². The maximum atomic E-state index is 11.8. The molecule has 0 aliphatic heterocycles. The Balaban J connectivity index is 2.12. The first-order chi connectivity index (χ1) is 9.09. The predicted molar refractivity (Wildman–Crippen MR) is 76.7 cm³/mol. The van der Waals surface area contributed by atoms with Crippen molar-refractivity contribution < 1.29 is 4.79 Å². The highest BCUT2D eigenvalue weighted by atomic mass is 16.2. The SMILES string of the molecule is CC(NCc1cccc2cccnc12)C(=O)N(C)C. The fourth-order valence-electron chi connectivity index (χ4n) is 2.05. The number of carbonyl (C=O) groups is 1. The highest BCUT2D eigenvalue weighted by molar-refractivity contribution is 5.82. The molecule has 2 rings (SSSR count). The van der Waals surface area contributed by atoms with Crippen LogP contribution in [0.2, 0.25) is 0 Å². The maximum Gasteiger partial charge on any atom is 0.238 e. The summed E-state index contributed by atoms with van der Waals surface area (Å²) >= 11 is 0. The lowest BCUT2D eigenvalue weighted by Gasteiger charge is -2.18. The third kappa shape index (κ3) is 3.09. The van der Waals surface area contributed by atoms with Crippen molar-refractivity contribution in [3.8, 4) is 0 Å². The molecule has 4 nitrogen and oxygen atoms in total. The molecule has 100 valence electrons. The van der Waals surface area contributed by atoms with Crippen LogP contribution in [0.1, 0.15) is 12.5 Å². The Hall–Kier alpha value is -1.94. The van der Waals surface area contributed by atoms with Crippen molar-refractivity contribution in [1.82, 2.24) is 15.2 Å². The lowest BCUT2D eigenvalue weighted by molar-refractivity contribution is -0.130. The van der Waals surface area contributed by atoms with Gasteiger partial charge in [0.05, 0.1) is 11.6 Å². The van der Waals surface area contributed by atoms with E-state index in [-0.39, 0.29) is 11.9 Å². The minimum absolute atomic E-state index is 0.0770. The molecule has 0 aliphatic carbocycles. The summed E-state index contributed by atoms with van der Waals surface area (Å²) in [7, 11) is 3.53. The van der Waals surface area contributed by atoms with Crippen molar-refractivity contribution >= 4 is 16.8 Å².